The quantitative estimate of drug-likeness (QED) is 0.688. The summed E-state index contributed by atoms with van der Waals surface area (Å²) in [4.78, 5) is 43.2. The lowest BCUT2D eigenvalue weighted by Crippen LogP contribution is -2.56. The number of nitrogens with zero attached hydrogens (tertiary/aromatic N) is 2. The summed E-state index contributed by atoms with van der Waals surface area (Å²) in [7, 11) is 1.55. The van der Waals surface area contributed by atoms with Gasteiger partial charge in [-0.05, 0) is 56.0 Å². The Bertz CT molecular complexity index is 1040. The third kappa shape index (κ3) is 6.00. The molecule has 0 unspecified atom stereocenters. The highest BCUT2D eigenvalue weighted by molar-refractivity contribution is 5.98. The molecule has 8 heteroatoms. The highest BCUT2D eigenvalue weighted by Crippen LogP contribution is 2.25. The molecule has 2 aromatic carbocycles. The second-order valence-electron chi connectivity index (χ2n) is 9.12. The first-order valence-corrected chi connectivity index (χ1v) is 12.1. The van der Waals surface area contributed by atoms with Crippen LogP contribution in [0.25, 0.3) is 0 Å². The molecule has 2 heterocycles. The molecule has 2 fully saturated rings. The number of aryl methyl sites for hydroxylation is 1. The van der Waals surface area contributed by atoms with E-state index in [1.807, 2.05) is 36.1 Å². The van der Waals surface area contributed by atoms with Gasteiger partial charge in [0.1, 0.15) is 11.8 Å². The van der Waals surface area contributed by atoms with Crippen molar-refractivity contribution in [3.8, 4) is 5.75 Å². The Labute approximate surface area is 206 Å². The molecule has 0 radical (unpaired) electrons. The van der Waals surface area contributed by atoms with Crippen molar-refractivity contribution in [3.63, 3.8) is 0 Å². The van der Waals surface area contributed by atoms with Crippen molar-refractivity contribution in [2.75, 3.05) is 46.5 Å². The van der Waals surface area contributed by atoms with Gasteiger partial charge in [0.05, 0.1) is 20.3 Å². The Hall–Kier alpha value is -3.39. The summed E-state index contributed by atoms with van der Waals surface area (Å²) in [5.74, 6) is 0.111. The lowest BCUT2D eigenvalue weighted by molar-refractivity contribution is -0.139. The minimum Gasteiger partial charge on any atom is -0.497 e. The molecule has 0 bridgehead atoms. The fourth-order valence-electron chi connectivity index (χ4n) is 4.67. The lowest BCUT2D eigenvalue weighted by Gasteiger charge is -2.38. The standard InChI is InChI=1S/C27H33N3O5/c1-19-6-8-21(9-7-19)26(32)29-12-10-20(11-13-29)24(27(33)30-14-16-35-17-15-30)28-25(31)22-4-3-5-23(18-22)34-2/h3-9,18,20,24H,10-17H2,1-2H3,(H,28,31)/t24-/m1/s1. The zero-order chi connectivity index (χ0) is 24.8. The zero-order valence-electron chi connectivity index (χ0n) is 20.4. The van der Waals surface area contributed by atoms with Gasteiger partial charge in [-0.25, -0.2) is 0 Å². The number of hydrogen-bond acceptors (Lipinski definition) is 5. The summed E-state index contributed by atoms with van der Waals surface area (Å²) >= 11 is 0. The molecule has 1 atom stereocenters. The number of likely N-dealkylation sites (tertiary alicyclic amines) is 1. The molecule has 0 aromatic heterocycles. The predicted octanol–water partition coefficient (Wildman–Crippen LogP) is 2.51. The van der Waals surface area contributed by atoms with Gasteiger partial charge in [0.15, 0.2) is 0 Å². The van der Waals surface area contributed by atoms with E-state index < -0.39 is 6.04 Å². The van der Waals surface area contributed by atoms with Crippen LogP contribution in [0.15, 0.2) is 48.5 Å². The van der Waals surface area contributed by atoms with E-state index in [-0.39, 0.29) is 23.6 Å². The smallest absolute Gasteiger partial charge is 0.253 e. The van der Waals surface area contributed by atoms with Crippen molar-refractivity contribution in [1.29, 1.82) is 0 Å². The molecule has 2 aliphatic rings. The van der Waals surface area contributed by atoms with Gasteiger partial charge in [0.25, 0.3) is 11.8 Å². The van der Waals surface area contributed by atoms with Crippen LogP contribution in [0.4, 0.5) is 0 Å². The Kier molecular flexibility index (Phi) is 8.02. The van der Waals surface area contributed by atoms with Crippen LogP contribution in [0.3, 0.4) is 0 Å². The predicted molar refractivity (Wildman–Crippen MR) is 131 cm³/mol. The summed E-state index contributed by atoms with van der Waals surface area (Å²) in [6.45, 7) is 5.07. The van der Waals surface area contributed by atoms with Gasteiger partial charge in [-0.3, -0.25) is 14.4 Å². The second-order valence-corrected chi connectivity index (χ2v) is 9.12. The van der Waals surface area contributed by atoms with E-state index in [9.17, 15) is 14.4 Å². The molecule has 8 nitrogen and oxygen atoms in total. The van der Waals surface area contributed by atoms with Gasteiger partial charge in [0.2, 0.25) is 5.91 Å². The zero-order valence-corrected chi connectivity index (χ0v) is 20.4. The first-order valence-electron chi connectivity index (χ1n) is 12.1. The van der Waals surface area contributed by atoms with Crippen LogP contribution < -0.4 is 10.1 Å². The molecule has 0 spiro atoms. The van der Waals surface area contributed by atoms with Gasteiger partial charge in [0, 0.05) is 37.3 Å². The average molecular weight is 480 g/mol. The van der Waals surface area contributed by atoms with Crippen molar-refractivity contribution in [2.45, 2.75) is 25.8 Å². The van der Waals surface area contributed by atoms with Crippen molar-refractivity contribution in [3.05, 3.63) is 65.2 Å². The highest BCUT2D eigenvalue weighted by atomic mass is 16.5. The fourth-order valence-corrected chi connectivity index (χ4v) is 4.67. The minimum atomic E-state index is -0.663. The lowest BCUT2D eigenvalue weighted by atomic mass is 9.87. The minimum absolute atomic E-state index is 0.0000723. The number of benzene rings is 2. The van der Waals surface area contributed by atoms with Crippen LogP contribution in [-0.4, -0.2) is 80.1 Å². The number of ether oxygens (including phenoxy) is 2. The van der Waals surface area contributed by atoms with Crippen molar-refractivity contribution < 1.29 is 23.9 Å². The second kappa shape index (κ2) is 11.4. The number of methoxy groups -OCH3 is 1. The monoisotopic (exact) mass is 479 g/mol. The van der Waals surface area contributed by atoms with Crippen LogP contribution in [0, 0.1) is 12.8 Å². The van der Waals surface area contributed by atoms with Gasteiger partial charge >= 0.3 is 0 Å². The molecular formula is C27H33N3O5. The average Bonchev–Trinajstić information content (AvgIpc) is 2.92. The number of rotatable bonds is 6. The summed E-state index contributed by atoms with van der Waals surface area (Å²) in [5, 5.41) is 3.00. The molecule has 4 rings (SSSR count). The summed E-state index contributed by atoms with van der Waals surface area (Å²) < 4.78 is 10.6. The van der Waals surface area contributed by atoms with Crippen LogP contribution in [0.5, 0.6) is 5.75 Å². The van der Waals surface area contributed by atoms with Gasteiger partial charge in [-0.1, -0.05) is 23.8 Å². The van der Waals surface area contributed by atoms with Crippen molar-refractivity contribution in [2.24, 2.45) is 5.92 Å². The third-order valence-electron chi connectivity index (χ3n) is 6.80. The molecule has 35 heavy (non-hydrogen) atoms. The van der Waals surface area contributed by atoms with Crippen LogP contribution in [0.2, 0.25) is 0 Å². The molecule has 2 aromatic rings. The van der Waals surface area contributed by atoms with Crippen LogP contribution >= 0.6 is 0 Å². The SMILES string of the molecule is COc1cccc(C(=O)N[C@@H](C(=O)N2CCOCC2)C2CCN(C(=O)c3ccc(C)cc3)CC2)c1. The van der Waals surface area contributed by atoms with E-state index in [1.165, 1.54) is 0 Å². The third-order valence-corrected chi connectivity index (χ3v) is 6.80. The molecule has 2 aliphatic heterocycles. The molecule has 3 amide bonds. The molecule has 2 saturated heterocycles. The molecule has 0 saturated carbocycles. The van der Waals surface area contributed by atoms with Crippen molar-refractivity contribution in [1.82, 2.24) is 15.1 Å². The number of hydrogen-bond donors (Lipinski definition) is 1. The van der Waals surface area contributed by atoms with Gasteiger partial charge < -0.3 is 24.6 Å². The summed E-state index contributed by atoms with van der Waals surface area (Å²) in [5.41, 5.74) is 2.22. The highest BCUT2D eigenvalue weighted by Gasteiger charge is 2.36. The Morgan fingerprint density at radius 3 is 2.29 bits per heavy atom. The number of piperidine rings is 1. The van der Waals surface area contributed by atoms with E-state index in [0.717, 1.165) is 5.56 Å². The largest absolute Gasteiger partial charge is 0.497 e. The van der Waals surface area contributed by atoms with Crippen LogP contribution in [0.1, 0.15) is 39.1 Å². The van der Waals surface area contributed by atoms with E-state index in [4.69, 9.17) is 9.47 Å². The summed E-state index contributed by atoms with van der Waals surface area (Å²) in [6, 6.07) is 13.8. The Morgan fingerprint density at radius 1 is 0.943 bits per heavy atom. The maximum Gasteiger partial charge on any atom is 0.253 e. The number of nitrogens with one attached hydrogen (secondary N) is 1. The maximum atomic E-state index is 13.5. The number of amides is 3. The van der Waals surface area contributed by atoms with Gasteiger partial charge in [-0.2, -0.15) is 0 Å². The van der Waals surface area contributed by atoms with Crippen molar-refractivity contribution >= 4 is 17.7 Å². The summed E-state index contributed by atoms with van der Waals surface area (Å²) in [6.07, 6.45) is 1.27. The first-order chi connectivity index (χ1) is 17.0. The Balaban J connectivity index is 1.47. The Morgan fingerprint density at radius 2 is 1.63 bits per heavy atom. The molecule has 1 N–H and O–H groups in total. The maximum absolute atomic E-state index is 13.5. The fraction of sp³-hybridized carbons (Fsp3) is 0.444. The number of morpholine rings is 1. The van der Waals surface area contributed by atoms with E-state index >= 15 is 0 Å². The van der Waals surface area contributed by atoms with E-state index in [2.05, 4.69) is 5.32 Å². The number of carbonyl (C=O) groups is 3. The topological polar surface area (TPSA) is 88.2 Å². The number of carbonyl (C=O) groups excluding carboxylic acids is 3. The van der Waals surface area contributed by atoms with E-state index in [0.29, 0.717) is 69.1 Å². The van der Waals surface area contributed by atoms with E-state index in [1.54, 1.807) is 36.3 Å². The first kappa shape index (κ1) is 24.7. The molecular weight excluding hydrogens is 446 g/mol. The molecule has 186 valence electrons. The molecule has 0 aliphatic carbocycles. The normalized spacial score (nSPS) is 17.5. The van der Waals surface area contributed by atoms with Crippen LogP contribution in [-0.2, 0) is 9.53 Å². The van der Waals surface area contributed by atoms with Gasteiger partial charge in [-0.15, -0.1) is 0 Å².